The zero-order chi connectivity index (χ0) is 30.1. The van der Waals surface area contributed by atoms with E-state index in [1.54, 1.807) is 12.1 Å². The summed E-state index contributed by atoms with van der Waals surface area (Å²) in [5.74, 6) is -0.904. The average Bonchev–Trinajstić information content (AvgIpc) is 2.92. The van der Waals surface area contributed by atoms with Gasteiger partial charge in [-0.2, -0.15) is 5.10 Å². The van der Waals surface area contributed by atoms with Crippen LogP contribution < -0.4 is 25.5 Å². The number of methoxy groups -OCH3 is 1. The topological polar surface area (TPSA) is 118 Å². The van der Waals surface area contributed by atoms with Crippen molar-refractivity contribution in [2.45, 2.75) is 47.1 Å². The van der Waals surface area contributed by atoms with E-state index in [0.717, 1.165) is 27.9 Å². The van der Waals surface area contributed by atoms with E-state index < -0.39 is 11.8 Å². The first-order valence-electron chi connectivity index (χ1n) is 13.1. The molecule has 3 rings (SSSR count). The number of hydrazone groups is 1. The number of amides is 3. The molecule has 3 N–H and O–H groups in total. The Bertz CT molecular complexity index is 1430. The smallest absolute Gasteiger partial charge is 0.329 e. The van der Waals surface area contributed by atoms with E-state index in [4.69, 9.17) is 9.47 Å². The van der Waals surface area contributed by atoms with Crippen LogP contribution in [0.5, 0.6) is 11.5 Å². The molecular weight excluding hydrogens is 588 g/mol. The van der Waals surface area contributed by atoms with Crippen LogP contribution in [0.3, 0.4) is 0 Å². The van der Waals surface area contributed by atoms with Gasteiger partial charge in [0.25, 0.3) is 5.91 Å². The number of rotatable bonds is 10. The number of halogens is 1. The van der Waals surface area contributed by atoms with Crippen molar-refractivity contribution in [2.24, 2.45) is 5.10 Å². The molecule has 216 valence electrons. The molecule has 0 radical (unpaired) electrons. The number of carbonyl (C=O) groups is 3. The number of nitrogens with zero attached hydrogens (tertiary/aromatic N) is 1. The van der Waals surface area contributed by atoms with Gasteiger partial charge in [-0.1, -0.05) is 55.8 Å². The van der Waals surface area contributed by atoms with Crippen LogP contribution in [0.2, 0.25) is 0 Å². The van der Waals surface area contributed by atoms with Crippen molar-refractivity contribution in [2.75, 3.05) is 19.0 Å². The van der Waals surface area contributed by atoms with Gasteiger partial charge in [-0.25, -0.2) is 5.43 Å². The molecule has 3 aromatic rings. The number of hydrogen-bond donors (Lipinski definition) is 3. The molecule has 9 nitrogen and oxygen atoms in total. The number of aryl methyl sites for hydroxylation is 3. The standard InChI is InChI=1S/C31H35BrN4O5/c1-18(2)24-9-7-22(8-10-24)15-33-30(38)31(39)36-34-16-23-13-25(32)29(26(14-23)40-6)41-17-27(37)35-28-20(4)11-19(3)12-21(28)5/h7-14,16,18H,15,17H2,1-6H3,(H,33,38)(H,35,37)(H,36,39)/b34-16-. The fourth-order valence-electron chi connectivity index (χ4n) is 4.14. The summed E-state index contributed by atoms with van der Waals surface area (Å²) in [6.07, 6.45) is 1.36. The van der Waals surface area contributed by atoms with Crippen molar-refractivity contribution in [3.63, 3.8) is 0 Å². The van der Waals surface area contributed by atoms with Gasteiger partial charge in [-0.3, -0.25) is 14.4 Å². The maximum absolute atomic E-state index is 12.6. The highest BCUT2D eigenvalue weighted by Crippen LogP contribution is 2.36. The Morgan fingerprint density at radius 2 is 1.63 bits per heavy atom. The molecule has 0 aromatic heterocycles. The molecule has 0 atom stereocenters. The molecule has 0 aliphatic heterocycles. The van der Waals surface area contributed by atoms with Crippen LogP contribution in [0.1, 0.15) is 53.1 Å². The first kappa shape index (κ1) is 31.3. The maximum Gasteiger partial charge on any atom is 0.329 e. The van der Waals surface area contributed by atoms with E-state index in [9.17, 15) is 14.4 Å². The van der Waals surface area contributed by atoms with E-state index in [1.165, 1.54) is 18.9 Å². The molecule has 0 unspecified atom stereocenters. The lowest BCUT2D eigenvalue weighted by atomic mass is 10.0. The minimum absolute atomic E-state index is 0.224. The van der Waals surface area contributed by atoms with E-state index >= 15 is 0 Å². The Balaban J connectivity index is 1.55. The highest BCUT2D eigenvalue weighted by molar-refractivity contribution is 9.10. The second kappa shape index (κ2) is 14.5. The van der Waals surface area contributed by atoms with E-state index in [1.807, 2.05) is 57.2 Å². The largest absolute Gasteiger partial charge is 0.493 e. The lowest BCUT2D eigenvalue weighted by Gasteiger charge is -2.15. The Morgan fingerprint density at radius 3 is 2.24 bits per heavy atom. The zero-order valence-corrected chi connectivity index (χ0v) is 25.6. The number of hydrogen-bond acceptors (Lipinski definition) is 6. The summed E-state index contributed by atoms with van der Waals surface area (Å²) in [6, 6.07) is 15.2. The van der Waals surface area contributed by atoms with Gasteiger partial charge in [0.05, 0.1) is 17.8 Å². The van der Waals surface area contributed by atoms with Crippen molar-refractivity contribution < 1.29 is 23.9 Å². The van der Waals surface area contributed by atoms with Crippen LogP contribution in [0.25, 0.3) is 0 Å². The Labute approximate surface area is 248 Å². The van der Waals surface area contributed by atoms with E-state index in [-0.39, 0.29) is 19.1 Å². The molecule has 0 fully saturated rings. The normalized spacial score (nSPS) is 10.9. The number of anilines is 1. The molecule has 3 aromatic carbocycles. The maximum atomic E-state index is 12.6. The lowest BCUT2D eigenvalue weighted by molar-refractivity contribution is -0.139. The monoisotopic (exact) mass is 622 g/mol. The van der Waals surface area contributed by atoms with Gasteiger partial charge in [-0.15, -0.1) is 0 Å². The van der Waals surface area contributed by atoms with Crippen molar-refractivity contribution in [3.8, 4) is 11.5 Å². The molecular formula is C31H35BrN4O5. The summed E-state index contributed by atoms with van der Waals surface area (Å²) < 4.78 is 11.7. The fraction of sp³-hybridized carbons (Fsp3) is 0.290. The molecule has 0 saturated carbocycles. The second-order valence-electron chi connectivity index (χ2n) is 9.92. The van der Waals surface area contributed by atoms with Crippen molar-refractivity contribution in [3.05, 3.63) is 86.4 Å². The molecule has 0 bridgehead atoms. The van der Waals surface area contributed by atoms with Gasteiger partial charge in [0.2, 0.25) is 0 Å². The fourth-order valence-corrected chi connectivity index (χ4v) is 4.72. The van der Waals surface area contributed by atoms with E-state index in [0.29, 0.717) is 27.5 Å². The molecule has 0 saturated heterocycles. The van der Waals surface area contributed by atoms with Crippen LogP contribution in [0, 0.1) is 20.8 Å². The van der Waals surface area contributed by atoms with Gasteiger partial charge < -0.3 is 20.1 Å². The van der Waals surface area contributed by atoms with E-state index in [2.05, 4.69) is 50.9 Å². The summed E-state index contributed by atoms with van der Waals surface area (Å²) in [4.78, 5) is 36.9. The average molecular weight is 624 g/mol. The SMILES string of the molecule is COc1cc(/C=N\NC(=O)C(=O)NCc2ccc(C(C)C)cc2)cc(Br)c1OCC(=O)Nc1c(C)cc(C)cc1C. The van der Waals surface area contributed by atoms with Gasteiger partial charge in [0.1, 0.15) is 0 Å². The zero-order valence-electron chi connectivity index (χ0n) is 24.1. The molecule has 10 heteroatoms. The third-order valence-electron chi connectivity index (χ3n) is 6.23. The first-order valence-corrected chi connectivity index (χ1v) is 13.9. The second-order valence-corrected chi connectivity index (χ2v) is 10.8. The van der Waals surface area contributed by atoms with Gasteiger partial charge in [0, 0.05) is 12.2 Å². The van der Waals surface area contributed by atoms with Crippen LogP contribution >= 0.6 is 15.9 Å². The predicted molar refractivity (Wildman–Crippen MR) is 164 cm³/mol. The predicted octanol–water partition coefficient (Wildman–Crippen LogP) is 5.29. The number of benzene rings is 3. The first-order chi connectivity index (χ1) is 19.5. The van der Waals surface area contributed by atoms with Gasteiger partial charge >= 0.3 is 11.8 Å². The van der Waals surface area contributed by atoms with Gasteiger partial charge in [0.15, 0.2) is 18.1 Å². The lowest BCUT2D eigenvalue weighted by Crippen LogP contribution is -2.37. The summed E-state index contributed by atoms with van der Waals surface area (Å²) >= 11 is 3.44. The minimum atomic E-state index is -0.893. The summed E-state index contributed by atoms with van der Waals surface area (Å²) in [7, 11) is 1.47. The summed E-state index contributed by atoms with van der Waals surface area (Å²) in [5, 5.41) is 9.35. The molecule has 0 aliphatic rings. The third-order valence-corrected chi connectivity index (χ3v) is 6.82. The molecule has 0 aliphatic carbocycles. The van der Waals surface area contributed by atoms with Crippen LogP contribution in [-0.2, 0) is 20.9 Å². The summed E-state index contributed by atoms with van der Waals surface area (Å²) in [6.45, 7) is 10.1. The van der Waals surface area contributed by atoms with Crippen LogP contribution in [-0.4, -0.2) is 37.7 Å². The molecule has 0 heterocycles. The Hall–Kier alpha value is -4.18. The number of ether oxygens (including phenoxy) is 2. The van der Waals surface area contributed by atoms with Crippen molar-refractivity contribution in [1.82, 2.24) is 10.7 Å². The molecule has 3 amide bonds. The van der Waals surface area contributed by atoms with Crippen LogP contribution in [0.4, 0.5) is 5.69 Å². The number of nitrogens with one attached hydrogen (secondary N) is 3. The highest BCUT2D eigenvalue weighted by Gasteiger charge is 2.16. The third kappa shape index (κ3) is 8.91. The minimum Gasteiger partial charge on any atom is -0.493 e. The quantitative estimate of drug-likeness (QED) is 0.161. The Morgan fingerprint density at radius 1 is 0.976 bits per heavy atom. The molecule has 41 heavy (non-hydrogen) atoms. The number of carbonyl (C=O) groups excluding carboxylic acids is 3. The highest BCUT2D eigenvalue weighted by atomic mass is 79.9. The Kier molecular flexibility index (Phi) is 11.0. The van der Waals surface area contributed by atoms with Crippen LogP contribution in [0.15, 0.2) is 58.1 Å². The molecule has 0 spiro atoms. The van der Waals surface area contributed by atoms with Crippen molar-refractivity contribution >= 4 is 45.6 Å². The summed E-state index contributed by atoms with van der Waals surface area (Å²) in [5.41, 5.74) is 8.69. The van der Waals surface area contributed by atoms with Crippen molar-refractivity contribution in [1.29, 1.82) is 0 Å². The van der Waals surface area contributed by atoms with Gasteiger partial charge in [-0.05, 0) is 82.6 Å².